The smallest absolute Gasteiger partial charge is 0.249 e. The topological polar surface area (TPSA) is 92.3 Å². The van der Waals surface area contributed by atoms with Crippen LogP contribution in [-0.4, -0.2) is 42.6 Å². The van der Waals surface area contributed by atoms with Crippen molar-refractivity contribution in [3.8, 4) is 0 Å². The number of hydrogen-bond acceptors (Lipinski definition) is 7. The summed E-state index contributed by atoms with van der Waals surface area (Å²) in [6, 6.07) is 4.22. The van der Waals surface area contributed by atoms with Crippen LogP contribution < -0.4 is 9.62 Å². The van der Waals surface area contributed by atoms with E-state index in [0.717, 1.165) is 22.4 Å². The van der Waals surface area contributed by atoms with Gasteiger partial charge in [0.15, 0.2) is 4.34 Å². The molecule has 0 saturated heterocycles. The fourth-order valence-electron chi connectivity index (χ4n) is 2.06. The van der Waals surface area contributed by atoms with Crippen LogP contribution in [0.5, 0.6) is 0 Å². The molecule has 0 radical (unpaired) electrons. The Bertz CT molecular complexity index is 857. The van der Waals surface area contributed by atoms with Gasteiger partial charge < -0.3 is 0 Å². The zero-order valence-corrected chi connectivity index (χ0v) is 16.2. The van der Waals surface area contributed by atoms with Gasteiger partial charge in [0.05, 0.1) is 11.9 Å². The number of halogens is 1. The third-order valence-electron chi connectivity index (χ3n) is 3.08. The monoisotopic (exact) mass is 404 g/mol. The molecule has 0 unspecified atom stereocenters. The number of anilines is 2. The van der Waals surface area contributed by atoms with Gasteiger partial charge in [-0.15, -0.1) is 10.2 Å². The highest BCUT2D eigenvalue weighted by molar-refractivity contribution is 8.01. The maximum Gasteiger partial charge on any atom is 0.249 e. The van der Waals surface area contributed by atoms with Crippen molar-refractivity contribution in [2.75, 3.05) is 21.6 Å². The molecule has 2 rings (SSSR count). The largest absolute Gasteiger partial charge is 0.299 e. The lowest BCUT2D eigenvalue weighted by Gasteiger charge is -2.28. The van der Waals surface area contributed by atoms with Gasteiger partial charge in [-0.2, -0.15) is 0 Å². The fourth-order valence-corrected chi connectivity index (χ4v) is 4.89. The van der Waals surface area contributed by atoms with E-state index in [1.165, 1.54) is 48.2 Å². The molecule has 1 amide bonds. The van der Waals surface area contributed by atoms with Crippen LogP contribution in [0.3, 0.4) is 0 Å². The number of nitrogens with one attached hydrogen (secondary N) is 1. The summed E-state index contributed by atoms with van der Waals surface area (Å²) < 4.78 is 39.7. The first-order chi connectivity index (χ1) is 11.7. The number of aromatic nitrogens is 2. The number of para-hydroxylation sites is 1. The molecule has 1 N–H and O–H groups in total. The van der Waals surface area contributed by atoms with Crippen LogP contribution in [-0.2, 0) is 14.8 Å². The molecule has 0 fully saturated rings. The minimum Gasteiger partial charge on any atom is -0.299 e. The van der Waals surface area contributed by atoms with Gasteiger partial charge in [0, 0.05) is 0 Å². The summed E-state index contributed by atoms with van der Waals surface area (Å²) in [6.07, 6.45) is 0.921. The number of thioether (sulfide) groups is 1. The number of carbonyl (C=O) groups excluding carboxylic acids is 1. The van der Waals surface area contributed by atoms with E-state index < -0.39 is 27.8 Å². The Morgan fingerprint density at radius 2 is 2.08 bits per heavy atom. The molecule has 0 aliphatic rings. The first-order valence-corrected chi connectivity index (χ1v) is 10.9. The molecule has 0 bridgehead atoms. The first-order valence-electron chi connectivity index (χ1n) is 7.25. The van der Waals surface area contributed by atoms with Crippen LogP contribution in [0.15, 0.2) is 28.6 Å². The average molecular weight is 405 g/mol. The lowest BCUT2D eigenvalue weighted by atomic mass is 10.2. The van der Waals surface area contributed by atoms with Crippen LogP contribution >= 0.6 is 23.1 Å². The summed E-state index contributed by atoms with van der Waals surface area (Å²) in [4.78, 5) is 12.4. The van der Waals surface area contributed by atoms with Crippen molar-refractivity contribution >= 4 is 49.8 Å². The van der Waals surface area contributed by atoms with Crippen LogP contribution in [0, 0.1) is 5.82 Å². The fraction of sp³-hybridized carbons (Fsp3) is 0.357. The summed E-state index contributed by atoms with van der Waals surface area (Å²) >= 11 is 2.67. The zero-order valence-electron chi connectivity index (χ0n) is 13.8. The number of sulfonamides is 1. The zero-order chi connectivity index (χ0) is 18.6. The number of carbonyl (C=O) groups is 1. The van der Waals surface area contributed by atoms with E-state index in [9.17, 15) is 17.6 Å². The van der Waals surface area contributed by atoms with Gasteiger partial charge in [-0.05, 0) is 24.8 Å². The van der Waals surface area contributed by atoms with Crippen LogP contribution in [0.1, 0.15) is 13.8 Å². The Hall–Kier alpha value is -1.72. The van der Waals surface area contributed by atoms with E-state index in [2.05, 4.69) is 15.5 Å². The molecule has 136 valence electrons. The van der Waals surface area contributed by atoms with E-state index in [4.69, 9.17) is 0 Å². The summed E-state index contributed by atoms with van der Waals surface area (Å²) in [5.74, 6) is -0.545. The van der Waals surface area contributed by atoms with Crippen molar-refractivity contribution in [3.63, 3.8) is 0 Å². The van der Waals surface area contributed by atoms with E-state index in [1.54, 1.807) is 0 Å². The van der Waals surface area contributed by atoms with Gasteiger partial charge in [0.2, 0.25) is 21.1 Å². The van der Waals surface area contributed by atoms with Crippen molar-refractivity contribution in [1.29, 1.82) is 0 Å². The van der Waals surface area contributed by atoms with E-state index in [1.807, 2.05) is 6.92 Å². The van der Waals surface area contributed by atoms with Crippen molar-refractivity contribution in [2.45, 2.75) is 24.2 Å². The highest BCUT2D eigenvalue weighted by Gasteiger charge is 2.31. The molecule has 0 aliphatic heterocycles. The minimum absolute atomic E-state index is 0.188. The molecule has 2 aromatic rings. The predicted molar refractivity (Wildman–Crippen MR) is 98.1 cm³/mol. The molecule has 0 aliphatic carbocycles. The number of nitrogens with zero attached hydrogens (tertiary/aromatic N) is 3. The summed E-state index contributed by atoms with van der Waals surface area (Å²) in [6.45, 7) is 3.34. The molecular formula is C14H17FN4O3S3. The summed E-state index contributed by atoms with van der Waals surface area (Å²) in [5.41, 5.74) is -0.188. The number of hydrogen-bond donors (Lipinski definition) is 1. The maximum atomic E-state index is 14.0. The van der Waals surface area contributed by atoms with Gasteiger partial charge in [-0.3, -0.25) is 14.4 Å². The highest BCUT2D eigenvalue weighted by Crippen LogP contribution is 2.27. The van der Waals surface area contributed by atoms with Gasteiger partial charge >= 0.3 is 0 Å². The van der Waals surface area contributed by atoms with Crippen molar-refractivity contribution < 1.29 is 17.6 Å². The van der Waals surface area contributed by atoms with Gasteiger partial charge in [0.25, 0.3) is 0 Å². The van der Waals surface area contributed by atoms with Crippen LogP contribution in [0.2, 0.25) is 0 Å². The van der Waals surface area contributed by atoms with Crippen molar-refractivity contribution in [1.82, 2.24) is 10.2 Å². The molecule has 0 saturated carbocycles. The molecule has 0 spiro atoms. The van der Waals surface area contributed by atoms with Gasteiger partial charge in [-0.25, -0.2) is 12.8 Å². The van der Waals surface area contributed by atoms with E-state index >= 15 is 0 Å². The Labute approximate surface area is 153 Å². The summed E-state index contributed by atoms with van der Waals surface area (Å²) in [7, 11) is -3.88. The lowest BCUT2D eigenvalue weighted by molar-refractivity contribution is -0.116. The van der Waals surface area contributed by atoms with Gasteiger partial charge in [-0.1, -0.05) is 42.2 Å². The Morgan fingerprint density at radius 3 is 2.68 bits per heavy atom. The molecule has 25 heavy (non-hydrogen) atoms. The second-order valence-electron chi connectivity index (χ2n) is 4.98. The second-order valence-corrected chi connectivity index (χ2v) is 9.33. The van der Waals surface area contributed by atoms with E-state index in [0.29, 0.717) is 4.34 Å². The minimum atomic E-state index is -3.88. The normalized spacial score (nSPS) is 12.6. The molecular weight excluding hydrogens is 387 g/mol. The summed E-state index contributed by atoms with van der Waals surface area (Å²) in [5, 5.41) is 10.5. The standard InChI is InChI=1S/C14H17FN4O3S3/c1-4-23-14-18-17-13(24-14)16-12(20)9(2)19(25(3,21)22)11-8-6-5-7-10(11)15/h5-9H,4H2,1-3H3,(H,16,17,20)/t9-/m1/s1. The molecule has 7 nitrogen and oxygen atoms in total. The predicted octanol–water partition coefficient (Wildman–Crippen LogP) is 2.58. The SMILES string of the molecule is CCSc1nnc(NC(=O)[C@@H](C)N(c2ccccc2F)S(C)(=O)=O)s1. The highest BCUT2D eigenvalue weighted by atomic mass is 32.2. The van der Waals surface area contributed by atoms with Crippen LogP contribution in [0.4, 0.5) is 15.2 Å². The molecule has 1 aromatic carbocycles. The van der Waals surface area contributed by atoms with Gasteiger partial charge in [0.1, 0.15) is 11.9 Å². The Kier molecular flexibility index (Phi) is 6.36. The average Bonchev–Trinajstić information content (AvgIpc) is 2.95. The van der Waals surface area contributed by atoms with Crippen molar-refractivity contribution in [2.24, 2.45) is 0 Å². The second kappa shape index (κ2) is 8.11. The third-order valence-corrected chi connectivity index (χ3v) is 6.16. The molecule has 1 heterocycles. The number of benzene rings is 1. The molecule has 1 aromatic heterocycles. The quantitative estimate of drug-likeness (QED) is 0.563. The third kappa shape index (κ3) is 4.89. The molecule has 1 atom stereocenters. The Balaban J connectivity index is 2.25. The first kappa shape index (κ1) is 19.6. The lowest BCUT2D eigenvalue weighted by Crippen LogP contribution is -2.45. The van der Waals surface area contributed by atoms with E-state index in [-0.39, 0.29) is 10.8 Å². The number of amides is 1. The van der Waals surface area contributed by atoms with Crippen LogP contribution in [0.25, 0.3) is 0 Å². The maximum absolute atomic E-state index is 14.0. The van der Waals surface area contributed by atoms with Crippen molar-refractivity contribution in [3.05, 3.63) is 30.1 Å². The Morgan fingerprint density at radius 1 is 1.40 bits per heavy atom. The molecule has 11 heteroatoms. The number of rotatable bonds is 7.